The molecule has 1 saturated heterocycles. The molecule has 1 heterocycles. The van der Waals surface area contributed by atoms with Crippen LogP contribution in [0.5, 0.6) is 0 Å². The fourth-order valence-corrected chi connectivity index (χ4v) is 1.75. The number of rotatable bonds is 3. The van der Waals surface area contributed by atoms with Crippen molar-refractivity contribution in [2.45, 2.75) is 6.04 Å². The normalized spacial score (nSPS) is 20.0. The summed E-state index contributed by atoms with van der Waals surface area (Å²) < 4.78 is 4.32. The maximum atomic E-state index is 11.6. The molecule has 0 saturated carbocycles. The molecule has 18 heavy (non-hydrogen) atoms. The van der Waals surface area contributed by atoms with Crippen LogP contribution in [0, 0.1) is 0 Å². The van der Waals surface area contributed by atoms with E-state index in [4.69, 9.17) is 0 Å². The molecule has 3 amide bonds. The Morgan fingerprint density at radius 3 is 2.78 bits per heavy atom. The minimum absolute atomic E-state index is 0.0190. The summed E-state index contributed by atoms with van der Waals surface area (Å²) in [6.45, 7) is 1.71. The number of ether oxygens (including phenoxy) is 1. The molecule has 1 aliphatic heterocycles. The highest BCUT2D eigenvalue weighted by Gasteiger charge is 2.29. The van der Waals surface area contributed by atoms with Crippen molar-refractivity contribution in [3.8, 4) is 0 Å². The van der Waals surface area contributed by atoms with Crippen LogP contribution in [-0.2, 0) is 14.3 Å². The van der Waals surface area contributed by atoms with Gasteiger partial charge in [0.05, 0.1) is 13.7 Å². The highest BCUT2D eigenvalue weighted by Crippen LogP contribution is 2.02. The molecule has 1 rings (SSSR count). The molecule has 0 aliphatic carbocycles. The van der Waals surface area contributed by atoms with E-state index in [1.165, 1.54) is 7.11 Å². The van der Waals surface area contributed by atoms with E-state index in [1.54, 1.807) is 11.9 Å². The Labute approximate surface area is 105 Å². The van der Waals surface area contributed by atoms with Gasteiger partial charge in [0.25, 0.3) is 0 Å². The minimum atomic E-state index is -0.799. The Morgan fingerprint density at radius 2 is 2.17 bits per heavy atom. The predicted octanol–water partition coefficient (Wildman–Crippen LogP) is -2.11. The maximum Gasteiger partial charge on any atom is 0.413 e. The van der Waals surface area contributed by atoms with Gasteiger partial charge in [-0.1, -0.05) is 0 Å². The molecule has 102 valence electrons. The first-order chi connectivity index (χ1) is 8.58. The van der Waals surface area contributed by atoms with Crippen LogP contribution in [0.1, 0.15) is 0 Å². The van der Waals surface area contributed by atoms with Crippen LogP contribution in [0.15, 0.2) is 0 Å². The second kappa shape index (κ2) is 6.92. The van der Waals surface area contributed by atoms with Gasteiger partial charge in [-0.2, -0.15) is 0 Å². The summed E-state index contributed by atoms with van der Waals surface area (Å²) in [5, 5.41) is 7.69. The second-order valence-corrected chi connectivity index (χ2v) is 3.84. The van der Waals surface area contributed by atoms with E-state index in [2.05, 4.69) is 20.7 Å². The van der Waals surface area contributed by atoms with E-state index in [0.29, 0.717) is 19.6 Å². The van der Waals surface area contributed by atoms with Crippen LogP contribution in [0.3, 0.4) is 0 Å². The number of hydrogen-bond acceptors (Lipinski definition) is 6. The summed E-state index contributed by atoms with van der Waals surface area (Å²) in [4.78, 5) is 35.7. The number of nitrogens with one attached hydrogen (secondary N) is 3. The average Bonchev–Trinajstić information content (AvgIpc) is 2.38. The first-order valence-electron chi connectivity index (χ1n) is 5.62. The molecule has 0 spiro atoms. The van der Waals surface area contributed by atoms with E-state index in [0.717, 1.165) is 0 Å². The van der Waals surface area contributed by atoms with Crippen molar-refractivity contribution in [2.24, 2.45) is 0 Å². The van der Waals surface area contributed by atoms with Crippen LogP contribution in [0.25, 0.3) is 0 Å². The maximum absolute atomic E-state index is 11.6. The highest BCUT2D eigenvalue weighted by molar-refractivity contribution is 5.93. The lowest BCUT2D eigenvalue weighted by Gasteiger charge is -2.34. The van der Waals surface area contributed by atoms with Gasteiger partial charge in [-0.3, -0.25) is 19.8 Å². The van der Waals surface area contributed by atoms with Crippen LogP contribution >= 0.6 is 0 Å². The fourth-order valence-electron chi connectivity index (χ4n) is 1.75. The molecule has 0 aromatic rings. The number of piperazine rings is 1. The van der Waals surface area contributed by atoms with Gasteiger partial charge in [-0.25, -0.2) is 4.79 Å². The van der Waals surface area contributed by atoms with Gasteiger partial charge in [0.1, 0.15) is 6.04 Å². The molecule has 8 nitrogen and oxygen atoms in total. The minimum Gasteiger partial charge on any atom is -0.453 e. The van der Waals surface area contributed by atoms with Crippen molar-refractivity contribution in [1.29, 1.82) is 0 Å². The zero-order valence-corrected chi connectivity index (χ0v) is 10.5. The van der Waals surface area contributed by atoms with Gasteiger partial charge in [0.15, 0.2) is 0 Å². The van der Waals surface area contributed by atoms with Crippen molar-refractivity contribution in [1.82, 2.24) is 20.9 Å². The van der Waals surface area contributed by atoms with Crippen LogP contribution in [0.4, 0.5) is 4.79 Å². The van der Waals surface area contributed by atoms with E-state index >= 15 is 0 Å². The predicted molar refractivity (Wildman–Crippen MR) is 62.8 cm³/mol. The standard InChI is InChI=1S/C10H18N4O4/c1-11-9(16)7-5-12-3-4-14(7)6-8(15)13-10(17)18-2/h7,12H,3-6H2,1-2H3,(H,11,16)(H,13,15,17). The molecule has 0 radical (unpaired) electrons. The summed E-state index contributed by atoms with van der Waals surface area (Å²) >= 11 is 0. The summed E-state index contributed by atoms with van der Waals surface area (Å²) in [7, 11) is 2.73. The zero-order valence-electron chi connectivity index (χ0n) is 10.5. The molecule has 0 aromatic carbocycles. The number of carbonyl (C=O) groups is 3. The van der Waals surface area contributed by atoms with Crippen LogP contribution in [0.2, 0.25) is 0 Å². The highest BCUT2D eigenvalue weighted by atomic mass is 16.5. The van der Waals surface area contributed by atoms with Crippen molar-refractivity contribution in [2.75, 3.05) is 40.3 Å². The van der Waals surface area contributed by atoms with Gasteiger partial charge in [0, 0.05) is 26.7 Å². The molecular weight excluding hydrogens is 240 g/mol. The lowest BCUT2D eigenvalue weighted by Crippen LogP contribution is -2.59. The molecule has 0 bridgehead atoms. The number of nitrogens with zero attached hydrogens (tertiary/aromatic N) is 1. The second-order valence-electron chi connectivity index (χ2n) is 3.84. The number of methoxy groups -OCH3 is 1. The first-order valence-corrected chi connectivity index (χ1v) is 5.62. The SMILES string of the molecule is CNC(=O)C1CNCCN1CC(=O)NC(=O)OC. The van der Waals surface area contributed by atoms with Crippen molar-refractivity contribution in [3.05, 3.63) is 0 Å². The first kappa shape index (κ1) is 14.4. The Kier molecular flexibility index (Phi) is 5.53. The van der Waals surface area contributed by atoms with Crippen LogP contribution < -0.4 is 16.0 Å². The largest absolute Gasteiger partial charge is 0.453 e. The van der Waals surface area contributed by atoms with E-state index in [1.807, 2.05) is 0 Å². The lowest BCUT2D eigenvalue weighted by molar-refractivity contribution is -0.129. The third-order valence-electron chi connectivity index (χ3n) is 2.68. The molecule has 3 N–H and O–H groups in total. The van der Waals surface area contributed by atoms with E-state index in [9.17, 15) is 14.4 Å². The molecule has 1 atom stereocenters. The molecule has 8 heteroatoms. The number of amides is 3. The smallest absolute Gasteiger partial charge is 0.413 e. The van der Waals surface area contributed by atoms with Gasteiger partial charge < -0.3 is 15.4 Å². The molecular formula is C10H18N4O4. The monoisotopic (exact) mass is 258 g/mol. The number of imide groups is 1. The number of likely N-dealkylation sites (N-methyl/N-ethyl adjacent to an activating group) is 1. The third-order valence-corrected chi connectivity index (χ3v) is 2.68. The van der Waals surface area contributed by atoms with Crippen LogP contribution in [-0.4, -0.2) is 69.2 Å². The van der Waals surface area contributed by atoms with E-state index in [-0.39, 0.29) is 12.5 Å². The average molecular weight is 258 g/mol. The summed E-state index contributed by atoms with van der Waals surface area (Å²) in [5.74, 6) is -0.647. The van der Waals surface area contributed by atoms with Crippen molar-refractivity contribution in [3.63, 3.8) is 0 Å². The van der Waals surface area contributed by atoms with Crippen molar-refractivity contribution >= 4 is 17.9 Å². The Morgan fingerprint density at radius 1 is 1.44 bits per heavy atom. The van der Waals surface area contributed by atoms with Crippen molar-refractivity contribution < 1.29 is 19.1 Å². The Hall–Kier alpha value is -1.67. The number of hydrogen-bond donors (Lipinski definition) is 3. The van der Waals surface area contributed by atoms with Gasteiger partial charge in [0.2, 0.25) is 11.8 Å². The van der Waals surface area contributed by atoms with E-state index < -0.39 is 18.0 Å². The molecule has 1 unspecified atom stereocenters. The topological polar surface area (TPSA) is 99.8 Å². The quantitative estimate of drug-likeness (QED) is 0.536. The number of carbonyl (C=O) groups excluding carboxylic acids is 3. The van der Waals surface area contributed by atoms with Gasteiger partial charge >= 0.3 is 6.09 Å². The van der Waals surface area contributed by atoms with Gasteiger partial charge in [-0.15, -0.1) is 0 Å². The fraction of sp³-hybridized carbons (Fsp3) is 0.700. The molecule has 1 fully saturated rings. The summed E-state index contributed by atoms with van der Waals surface area (Å²) in [5.41, 5.74) is 0. The Bertz CT molecular complexity index is 334. The summed E-state index contributed by atoms with van der Waals surface area (Å²) in [6.07, 6.45) is -0.799. The van der Waals surface area contributed by atoms with Gasteiger partial charge in [-0.05, 0) is 0 Å². The third kappa shape index (κ3) is 3.97. The molecule has 0 aromatic heterocycles. The number of alkyl carbamates (subject to hydrolysis) is 1. The summed E-state index contributed by atoms with van der Waals surface area (Å²) in [6, 6.07) is -0.410. The Balaban J connectivity index is 2.54. The zero-order chi connectivity index (χ0) is 13.5. The lowest BCUT2D eigenvalue weighted by atomic mass is 10.1. The molecule has 1 aliphatic rings.